The fourth-order valence-corrected chi connectivity index (χ4v) is 2.03. The maximum absolute atomic E-state index is 12.0. The predicted molar refractivity (Wildman–Crippen MR) is 74.9 cm³/mol. The second kappa shape index (κ2) is 5.75. The zero-order valence-electron chi connectivity index (χ0n) is 10.1. The zero-order valence-corrected chi connectivity index (χ0v) is 11.7. The van der Waals surface area contributed by atoms with Crippen molar-refractivity contribution in [3.8, 4) is 5.75 Å². The fraction of sp³-hybridized carbons (Fsp3) is 0. The molecule has 0 bridgehead atoms. The Morgan fingerprint density at radius 1 is 1.15 bits per heavy atom. The van der Waals surface area contributed by atoms with Gasteiger partial charge in [-0.3, -0.25) is 4.79 Å². The summed E-state index contributed by atoms with van der Waals surface area (Å²) in [5, 5.41) is 22.7. The molecule has 0 saturated heterocycles. The first-order valence-corrected chi connectivity index (χ1v) is 6.38. The van der Waals surface area contributed by atoms with E-state index in [-0.39, 0.29) is 11.3 Å². The monoisotopic (exact) mass is 334 g/mol. The first-order valence-electron chi connectivity index (χ1n) is 5.58. The van der Waals surface area contributed by atoms with E-state index in [0.717, 1.165) is 10.5 Å². The third-order valence-electron chi connectivity index (χ3n) is 2.56. The summed E-state index contributed by atoms with van der Waals surface area (Å²) in [6, 6.07) is 10.1. The van der Waals surface area contributed by atoms with Crippen molar-refractivity contribution in [1.82, 2.24) is 0 Å². The minimum atomic E-state index is -1.27. The topological polar surface area (TPSA) is 89.5 Å². The van der Waals surface area contributed by atoms with Crippen molar-refractivity contribution < 1.29 is 19.8 Å². The molecule has 2 N–H and O–H groups in total. The summed E-state index contributed by atoms with van der Waals surface area (Å²) < 4.78 is 0.735. The minimum Gasteiger partial charge on any atom is -0.872 e. The van der Waals surface area contributed by atoms with Crippen molar-refractivity contribution in [2.75, 3.05) is 5.32 Å². The van der Waals surface area contributed by atoms with Gasteiger partial charge in [-0.05, 0) is 24.3 Å². The number of nitrogens with one attached hydrogen (secondary N) is 1. The standard InChI is InChI=1S/C14H10BrNO4/c15-9-3-1-2-8(6-9)13(18)16-12-5-4-10(17)7-11(12)14(19)20/h1-7,17H,(H,16,18)(H,19,20)/p-1. The molecule has 6 heteroatoms. The molecule has 0 heterocycles. The molecule has 102 valence electrons. The molecule has 0 radical (unpaired) electrons. The number of rotatable bonds is 3. The molecule has 5 nitrogen and oxygen atoms in total. The van der Waals surface area contributed by atoms with Crippen LogP contribution in [0, 0.1) is 0 Å². The molecule has 0 saturated carbocycles. The van der Waals surface area contributed by atoms with Crippen LogP contribution in [0.15, 0.2) is 46.9 Å². The Balaban J connectivity index is 2.30. The Morgan fingerprint density at radius 2 is 1.90 bits per heavy atom. The molecule has 20 heavy (non-hydrogen) atoms. The largest absolute Gasteiger partial charge is 0.872 e. The molecule has 2 aromatic carbocycles. The molecule has 2 rings (SSSR count). The van der Waals surface area contributed by atoms with Crippen LogP contribution in [0.2, 0.25) is 0 Å². The van der Waals surface area contributed by atoms with E-state index >= 15 is 0 Å². The summed E-state index contributed by atoms with van der Waals surface area (Å²) in [4.78, 5) is 23.1. The Hall–Kier alpha value is -2.34. The van der Waals surface area contributed by atoms with Gasteiger partial charge in [0, 0.05) is 10.0 Å². The SMILES string of the molecule is O=C(Nc1ccc([O-])cc1C(=O)O)c1cccc(Br)c1. The molecule has 0 aliphatic rings. The lowest BCUT2D eigenvalue weighted by atomic mass is 10.1. The van der Waals surface area contributed by atoms with Crippen LogP contribution < -0.4 is 10.4 Å². The van der Waals surface area contributed by atoms with E-state index in [4.69, 9.17) is 5.11 Å². The van der Waals surface area contributed by atoms with Crippen LogP contribution in [-0.4, -0.2) is 17.0 Å². The number of halogens is 1. The first-order chi connectivity index (χ1) is 9.47. The first kappa shape index (κ1) is 14.1. The third kappa shape index (κ3) is 3.16. The lowest BCUT2D eigenvalue weighted by Gasteiger charge is -2.12. The van der Waals surface area contributed by atoms with E-state index in [9.17, 15) is 14.7 Å². The molecule has 2 aromatic rings. The zero-order chi connectivity index (χ0) is 14.7. The van der Waals surface area contributed by atoms with Gasteiger partial charge in [-0.2, -0.15) is 0 Å². The number of hydrogen-bond acceptors (Lipinski definition) is 3. The molecule has 1 amide bonds. The quantitative estimate of drug-likeness (QED) is 0.902. The van der Waals surface area contributed by atoms with Gasteiger partial charge in [0.15, 0.2) is 0 Å². The van der Waals surface area contributed by atoms with E-state index in [0.29, 0.717) is 5.56 Å². The average Bonchev–Trinajstić information content (AvgIpc) is 2.40. The number of hydrogen-bond donors (Lipinski definition) is 2. The van der Waals surface area contributed by atoms with Gasteiger partial charge in [-0.25, -0.2) is 4.79 Å². The Bertz CT molecular complexity index is 685. The highest BCUT2D eigenvalue weighted by molar-refractivity contribution is 9.10. The van der Waals surface area contributed by atoms with Gasteiger partial charge in [-0.1, -0.05) is 34.1 Å². The number of carbonyl (C=O) groups is 2. The highest BCUT2D eigenvalue weighted by atomic mass is 79.9. The van der Waals surface area contributed by atoms with Crippen LogP contribution >= 0.6 is 15.9 Å². The van der Waals surface area contributed by atoms with Crippen LogP contribution in [0.25, 0.3) is 0 Å². The molecule has 0 spiro atoms. The highest BCUT2D eigenvalue weighted by Gasteiger charge is 2.13. The molecule has 0 aliphatic heterocycles. The number of benzene rings is 2. The Morgan fingerprint density at radius 3 is 2.55 bits per heavy atom. The smallest absolute Gasteiger partial charge is 0.337 e. The maximum atomic E-state index is 12.0. The van der Waals surface area contributed by atoms with Crippen molar-refractivity contribution in [2.45, 2.75) is 0 Å². The highest BCUT2D eigenvalue weighted by Crippen LogP contribution is 2.21. The number of carbonyl (C=O) groups excluding carboxylic acids is 1. The lowest BCUT2D eigenvalue weighted by Crippen LogP contribution is -2.15. The maximum Gasteiger partial charge on any atom is 0.337 e. The molecular formula is C14H9BrNO4-. The second-order valence-electron chi connectivity index (χ2n) is 3.98. The van der Waals surface area contributed by atoms with Crippen LogP contribution in [0.1, 0.15) is 20.7 Å². The average molecular weight is 335 g/mol. The van der Waals surface area contributed by atoms with E-state index < -0.39 is 17.6 Å². The van der Waals surface area contributed by atoms with E-state index in [1.54, 1.807) is 24.3 Å². The van der Waals surface area contributed by atoms with Gasteiger partial charge in [0.05, 0.1) is 11.3 Å². The van der Waals surface area contributed by atoms with Gasteiger partial charge < -0.3 is 15.5 Å². The van der Waals surface area contributed by atoms with Crippen LogP contribution in [0.5, 0.6) is 5.75 Å². The van der Waals surface area contributed by atoms with Gasteiger partial charge in [0.1, 0.15) is 0 Å². The summed E-state index contributed by atoms with van der Waals surface area (Å²) in [7, 11) is 0. The molecular weight excluding hydrogens is 326 g/mol. The number of carboxylic acid groups (broad SMARTS) is 1. The summed E-state index contributed by atoms with van der Waals surface area (Å²) in [6.07, 6.45) is 0. The van der Waals surface area contributed by atoms with Crippen molar-refractivity contribution >= 4 is 33.5 Å². The normalized spacial score (nSPS) is 10.1. The van der Waals surface area contributed by atoms with Crippen molar-refractivity contribution in [1.29, 1.82) is 0 Å². The molecule has 0 unspecified atom stereocenters. The summed E-state index contributed by atoms with van der Waals surface area (Å²) >= 11 is 3.25. The van der Waals surface area contributed by atoms with E-state index in [1.807, 2.05) is 0 Å². The molecule has 0 fully saturated rings. The Labute approximate surface area is 123 Å². The van der Waals surface area contributed by atoms with Gasteiger partial charge >= 0.3 is 5.97 Å². The van der Waals surface area contributed by atoms with E-state index in [2.05, 4.69) is 21.2 Å². The number of amides is 1. The lowest BCUT2D eigenvalue weighted by molar-refractivity contribution is -0.268. The summed E-state index contributed by atoms with van der Waals surface area (Å²) in [6.45, 7) is 0. The van der Waals surface area contributed by atoms with Gasteiger partial charge in [-0.15, -0.1) is 5.75 Å². The fourth-order valence-electron chi connectivity index (χ4n) is 1.63. The number of carboxylic acids is 1. The van der Waals surface area contributed by atoms with E-state index in [1.165, 1.54) is 12.1 Å². The third-order valence-corrected chi connectivity index (χ3v) is 3.05. The molecule has 0 aliphatic carbocycles. The van der Waals surface area contributed by atoms with Crippen LogP contribution in [0.4, 0.5) is 5.69 Å². The summed E-state index contributed by atoms with van der Waals surface area (Å²) in [5.41, 5.74) is 0.227. The van der Waals surface area contributed by atoms with Crippen molar-refractivity contribution in [3.05, 3.63) is 58.1 Å². The second-order valence-corrected chi connectivity index (χ2v) is 4.89. The van der Waals surface area contributed by atoms with Gasteiger partial charge in [0.25, 0.3) is 5.91 Å². The summed E-state index contributed by atoms with van der Waals surface area (Å²) in [5.74, 6) is -2.15. The van der Waals surface area contributed by atoms with Crippen LogP contribution in [0.3, 0.4) is 0 Å². The number of aromatic carboxylic acids is 1. The molecule has 0 aromatic heterocycles. The van der Waals surface area contributed by atoms with Crippen molar-refractivity contribution in [3.63, 3.8) is 0 Å². The molecule has 0 atom stereocenters. The van der Waals surface area contributed by atoms with Crippen molar-refractivity contribution in [2.24, 2.45) is 0 Å². The predicted octanol–water partition coefficient (Wildman–Crippen LogP) is 2.47. The Kier molecular flexibility index (Phi) is 4.05. The number of anilines is 1. The van der Waals surface area contributed by atoms with Gasteiger partial charge in [0.2, 0.25) is 0 Å². The van der Waals surface area contributed by atoms with Crippen LogP contribution in [-0.2, 0) is 0 Å². The minimum absolute atomic E-state index is 0.0853.